The molecule has 2 heterocycles. The monoisotopic (exact) mass is 654 g/mol. The third-order valence-electron chi connectivity index (χ3n) is 8.98. The van der Waals surface area contributed by atoms with Crippen molar-refractivity contribution in [2.24, 2.45) is 0 Å². The third-order valence-corrected chi connectivity index (χ3v) is 8.98. The second kappa shape index (κ2) is 13.1. The van der Waals surface area contributed by atoms with E-state index in [0.29, 0.717) is 28.9 Å². The first-order chi connectivity index (χ1) is 25.2. The summed E-state index contributed by atoms with van der Waals surface area (Å²) in [5.41, 5.74) is 11.8. The molecule has 0 saturated carbocycles. The summed E-state index contributed by atoms with van der Waals surface area (Å²) in [5.74, 6) is 2.32. The van der Waals surface area contributed by atoms with E-state index in [1.807, 2.05) is 72.8 Å². The van der Waals surface area contributed by atoms with Gasteiger partial charge in [0.15, 0.2) is 23.1 Å². The maximum Gasteiger partial charge on any atom is 0.227 e. The summed E-state index contributed by atoms with van der Waals surface area (Å²) in [5, 5.41) is 0. The Morgan fingerprint density at radius 3 is 1.27 bits per heavy atom. The quantitative estimate of drug-likeness (QED) is 0.171. The fraction of sp³-hybridized carbons (Fsp3) is 0. The van der Waals surface area contributed by atoms with Gasteiger partial charge in [0.25, 0.3) is 0 Å². The molecule has 0 amide bonds. The Balaban J connectivity index is 1.14. The predicted molar refractivity (Wildman–Crippen MR) is 205 cm³/mol. The van der Waals surface area contributed by atoms with Gasteiger partial charge < -0.3 is 4.42 Å². The minimum absolute atomic E-state index is 0.560. The molecule has 240 valence electrons. The molecule has 0 unspecified atom stereocenters. The first-order valence-corrected chi connectivity index (χ1v) is 16.9. The Labute approximate surface area is 295 Å². The first-order valence-electron chi connectivity index (χ1n) is 16.9. The normalized spacial score (nSPS) is 11.1. The van der Waals surface area contributed by atoms with Crippen molar-refractivity contribution in [3.63, 3.8) is 0 Å². The smallest absolute Gasteiger partial charge is 0.227 e. The lowest BCUT2D eigenvalue weighted by Gasteiger charge is -2.11. The highest BCUT2D eigenvalue weighted by atomic mass is 16.3. The Morgan fingerprint density at radius 1 is 0.275 bits per heavy atom. The largest absolute Gasteiger partial charge is 0.436 e. The summed E-state index contributed by atoms with van der Waals surface area (Å²) in [6.07, 6.45) is 0. The summed E-state index contributed by atoms with van der Waals surface area (Å²) in [7, 11) is 0. The average molecular weight is 655 g/mol. The Morgan fingerprint density at radius 2 is 0.667 bits per heavy atom. The zero-order valence-corrected chi connectivity index (χ0v) is 27.5. The number of aromatic nitrogens is 4. The molecule has 0 radical (unpaired) electrons. The van der Waals surface area contributed by atoms with Crippen molar-refractivity contribution in [2.45, 2.75) is 0 Å². The number of fused-ring (bicyclic) bond motifs is 1. The second-order valence-corrected chi connectivity index (χ2v) is 12.3. The zero-order valence-electron chi connectivity index (χ0n) is 27.5. The number of rotatable bonds is 7. The Bertz CT molecular complexity index is 2620. The number of hydrogen-bond donors (Lipinski definition) is 0. The van der Waals surface area contributed by atoms with Gasteiger partial charge in [0.2, 0.25) is 5.89 Å². The molecule has 0 atom stereocenters. The summed E-state index contributed by atoms with van der Waals surface area (Å²) in [4.78, 5) is 19.9. The minimum Gasteiger partial charge on any atom is -0.436 e. The molecule has 0 saturated heterocycles. The van der Waals surface area contributed by atoms with E-state index >= 15 is 0 Å². The van der Waals surface area contributed by atoms with Crippen LogP contribution >= 0.6 is 0 Å². The molecule has 0 aliphatic heterocycles. The lowest BCUT2D eigenvalue weighted by molar-refractivity contribution is 0.620. The van der Waals surface area contributed by atoms with Crippen LogP contribution < -0.4 is 0 Å². The Kier molecular flexibility index (Phi) is 7.76. The highest BCUT2D eigenvalue weighted by Gasteiger charge is 2.16. The van der Waals surface area contributed by atoms with Gasteiger partial charge in [0.1, 0.15) is 5.52 Å². The van der Waals surface area contributed by atoms with Gasteiger partial charge in [0.05, 0.1) is 0 Å². The molecule has 5 nitrogen and oxygen atoms in total. The molecule has 7 aromatic carbocycles. The van der Waals surface area contributed by atoms with Crippen molar-refractivity contribution in [3.8, 4) is 79.0 Å². The molecule has 2 aromatic heterocycles. The molecule has 9 rings (SSSR count). The average Bonchev–Trinajstić information content (AvgIpc) is 3.66. The zero-order chi connectivity index (χ0) is 34.0. The van der Waals surface area contributed by atoms with Gasteiger partial charge in [-0.15, -0.1) is 0 Å². The molecule has 0 bridgehead atoms. The minimum atomic E-state index is 0.560. The number of oxazole rings is 1. The van der Waals surface area contributed by atoms with Gasteiger partial charge in [0, 0.05) is 22.3 Å². The van der Waals surface area contributed by atoms with Crippen molar-refractivity contribution < 1.29 is 4.42 Å². The lowest BCUT2D eigenvalue weighted by Crippen LogP contribution is -2.00. The highest BCUT2D eigenvalue weighted by molar-refractivity contribution is 5.82. The predicted octanol–water partition coefficient (Wildman–Crippen LogP) is 11.7. The number of nitrogens with zero attached hydrogens (tertiary/aromatic N) is 4. The van der Waals surface area contributed by atoms with Crippen LogP contribution in [-0.2, 0) is 0 Å². The summed E-state index contributed by atoms with van der Waals surface area (Å²) >= 11 is 0. The molecule has 0 fully saturated rings. The lowest BCUT2D eigenvalue weighted by atomic mass is 9.98. The van der Waals surface area contributed by atoms with Crippen LogP contribution in [0.15, 0.2) is 186 Å². The SMILES string of the molecule is c1ccc(-c2ccc(-c3nc(-c4cccc(-c5cccc(-c6ccccc6)c5)c4)nc(-c4ccc5oc(-c6ccccc6)nc5c4)n3)cc2)cc1. The van der Waals surface area contributed by atoms with Crippen molar-refractivity contribution in [1.82, 2.24) is 19.9 Å². The fourth-order valence-corrected chi connectivity index (χ4v) is 6.32. The maximum atomic E-state index is 6.11. The van der Waals surface area contributed by atoms with E-state index in [4.69, 9.17) is 24.4 Å². The van der Waals surface area contributed by atoms with Crippen molar-refractivity contribution in [1.29, 1.82) is 0 Å². The van der Waals surface area contributed by atoms with E-state index in [9.17, 15) is 0 Å². The molecular weight excluding hydrogens is 625 g/mol. The van der Waals surface area contributed by atoms with E-state index in [2.05, 4.69) is 109 Å². The van der Waals surface area contributed by atoms with Gasteiger partial charge in [-0.25, -0.2) is 19.9 Å². The standard InChI is InChI=1S/C46H30N4O/c1-4-12-31(13-5-1)33-22-24-34(25-23-33)43-48-44(39-21-11-20-38(29-39)37-19-10-18-36(28-37)32-14-6-2-7-15-32)50-45(49-43)40-26-27-42-41(30-40)47-46(51-42)35-16-8-3-9-17-35/h1-30H. The van der Waals surface area contributed by atoms with Gasteiger partial charge in [-0.3, -0.25) is 0 Å². The van der Waals surface area contributed by atoms with Crippen LogP contribution in [0.1, 0.15) is 0 Å². The molecule has 0 aliphatic carbocycles. The highest BCUT2D eigenvalue weighted by Crippen LogP contribution is 2.32. The molecule has 9 aromatic rings. The van der Waals surface area contributed by atoms with Gasteiger partial charge >= 0.3 is 0 Å². The van der Waals surface area contributed by atoms with E-state index < -0.39 is 0 Å². The first kappa shape index (κ1) is 30.1. The van der Waals surface area contributed by atoms with Crippen molar-refractivity contribution in [3.05, 3.63) is 182 Å². The van der Waals surface area contributed by atoms with E-state index in [0.717, 1.165) is 50.0 Å². The van der Waals surface area contributed by atoms with Gasteiger partial charge in [-0.2, -0.15) is 0 Å². The summed E-state index contributed by atoms with van der Waals surface area (Å²) in [6.45, 7) is 0. The second-order valence-electron chi connectivity index (χ2n) is 12.3. The number of benzene rings is 7. The van der Waals surface area contributed by atoms with Crippen LogP contribution in [0.5, 0.6) is 0 Å². The van der Waals surface area contributed by atoms with Gasteiger partial charge in [-0.1, -0.05) is 140 Å². The molecule has 5 heteroatoms. The van der Waals surface area contributed by atoms with Crippen LogP contribution in [-0.4, -0.2) is 19.9 Å². The van der Waals surface area contributed by atoms with Crippen LogP contribution in [0.3, 0.4) is 0 Å². The summed E-state index contributed by atoms with van der Waals surface area (Å²) in [6, 6.07) is 62.0. The van der Waals surface area contributed by atoms with Crippen molar-refractivity contribution in [2.75, 3.05) is 0 Å². The molecule has 0 spiro atoms. The maximum absolute atomic E-state index is 6.11. The van der Waals surface area contributed by atoms with Crippen LogP contribution in [0.2, 0.25) is 0 Å². The van der Waals surface area contributed by atoms with E-state index in [-0.39, 0.29) is 0 Å². The van der Waals surface area contributed by atoms with Crippen LogP contribution in [0.25, 0.3) is 90.1 Å². The van der Waals surface area contributed by atoms with Crippen LogP contribution in [0.4, 0.5) is 0 Å². The summed E-state index contributed by atoms with van der Waals surface area (Å²) < 4.78 is 6.11. The third kappa shape index (κ3) is 6.20. The van der Waals surface area contributed by atoms with E-state index in [1.54, 1.807) is 0 Å². The fourth-order valence-electron chi connectivity index (χ4n) is 6.32. The van der Waals surface area contributed by atoms with Crippen molar-refractivity contribution >= 4 is 11.1 Å². The van der Waals surface area contributed by atoms with Crippen LogP contribution in [0, 0.1) is 0 Å². The molecule has 51 heavy (non-hydrogen) atoms. The molecule has 0 aliphatic rings. The molecular formula is C46H30N4O. The van der Waals surface area contributed by atoms with E-state index in [1.165, 1.54) is 11.1 Å². The Hall–Kier alpha value is -6.98. The topological polar surface area (TPSA) is 64.7 Å². The number of hydrogen-bond acceptors (Lipinski definition) is 5. The molecule has 0 N–H and O–H groups in total. The van der Waals surface area contributed by atoms with Gasteiger partial charge in [-0.05, 0) is 75.8 Å².